The van der Waals surface area contributed by atoms with Crippen LogP contribution in [0.2, 0.25) is 0 Å². The molecule has 0 aliphatic carbocycles. The lowest BCUT2D eigenvalue weighted by Gasteiger charge is -2.13. The number of amides is 2. The number of benzene rings is 2. The van der Waals surface area contributed by atoms with Gasteiger partial charge in [0, 0.05) is 24.3 Å². The van der Waals surface area contributed by atoms with Gasteiger partial charge in [-0.05, 0) is 36.2 Å². The number of aryl methyl sites for hydroxylation is 1. The van der Waals surface area contributed by atoms with E-state index in [-0.39, 0.29) is 24.8 Å². The van der Waals surface area contributed by atoms with Crippen molar-refractivity contribution < 1.29 is 14.3 Å². The lowest BCUT2D eigenvalue weighted by molar-refractivity contribution is -0.118. The summed E-state index contributed by atoms with van der Waals surface area (Å²) in [6.45, 7) is 2.20. The Morgan fingerprint density at radius 1 is 1.04 bits per heavy atom. The van der Waals surface area contributed by atoms with Crippen molar-refractivity contribution >= 4 is 23.2 Å². The van der Waals surface area contributed by atoms with Crippen molar-refractivity contribution in [1.29, 1.82) is 0 Å². The van der Waals surface area contributed by atoms with Crippen molar-refractivity contribution in [3.63, 3.8) is 0 Å². The van der Waals surface area contributed by atoms with Gasteiger partial charge in [0.1, 0.15) is 5.75 Å². The fourth-order valence-electron chi connectivity index (χ4n) is 2.29. The number of anilines is 2. The molecule has 0 fully saturated rings. The first-order valence-electron chi connectivity index (χ1n) is 8.23. The summed E-state index contributed by atoms with van der Waals surface area (Å²) in [5.41, 5.74) is 7.67. The number of carbonyl (C=O) groups excluding carboxylic acids is 2. The van der Waals surface area contributed by atoms with Crippen LogP contribution in [0.1, 0.15) is 18.9 Å². The second kappa shape index (κ2) is 9.44. The Balaban J connectivity index is 1.98. The third kappa shape index (κ3) is 5.93. The van der Waals surface area contributed by atoms with E-state index in [4.69, 9.17) is 10.5 Å². The average molecular weight is 341 g/mol. The molecule has 2 aromatic carbocycles. The third-order valence-corrected chi connectivity index (χ3v) is 3.53. The van der Waals surface area contributed by atoms with Gasteiger partial charge in [0.05, 0.1) is 0 Å². The molecular formula is C19H23N3O3. The Hall–Kier alpha value is -2.86. The monoisotopic (exact) mass is 341 g/mol. The summed E-state index contributed by atoms with van der Waals surface area (Å²) in [7, 11) is 0. The molecule has 0 aliphatic rings. The Morgan fingerprint density at radius 2 is 1.80 bits per heavy atom. The lowest BCUT2D eigenvalue weighted by atomic mass is 10.1. The van der Waals surface area contributed by atoms with Crippen LogP contribution in [0, 0.1) is 0 Å². The maximum atomic E-state index is 12.0. The molecule has 2 amide bonds. The summed E-state index contributed by atoms with van der Waals surface area (Å²) in [5, 5.41) is 5.60. The van der Waals surface area contributed by atoms with Crippen LogP contribution in [0.4, 0.5) is 11.4 Å². The van der Waals surface area contributed by atoms with Gasteiger partial charge in [-0.25, -0.2) is 0 Å². The van der Waals surface area contributed by atoms with Crippen molar-refractivity contribution in [2.24, 2.45) is 5.73 Å². The van der Waals surface area contributed by atoms with Crippen LogP contribution in [-0.4, -0.2) is 25.0 Å². The first-order valence-corrected chi connectivity index (χ1v) is 8.23. The first-order chi connectivity index (χ1) is 12.1. The molecule has 2 aromatic rings. The van der Waals surface area contributed by atoms with Crippen molar-refractivity contribution in [1.82, 2.24) is 0 Å². The smallest absolute Gasteiger partial charge is 0.262 e. The molecular weight excluding hydrogens is 318 g/mol. The molecule has 0 aliphatic heterocycles. The summed E-state index contributed by atoms with van der Waals surface area (Å²) in [4.78, 5) is 23.8. The van der Waals surface area contributed by atoms with Gasteiger partial charge in [-0.1, -0.05) is 31.2 Å². The van der Waals surface area contributed by atoms with Crippen LogP contribution in [0.25, 0.3) is 0 Å². The number of nitrogens with two attached hydrogens (primary N) is 1. The molecule has 0 bridgehead atoms. The zero-order chi connectivity index (χ0) is 18.1. The van der Waals surface area contributed by atoms with E-state index in [1.807, 2.05) is 31.2 Å². The molecule has 0 heterocycles. The standard InChI is InChI=1S/C19H23N3O3/c1-2-14-8-9-15(12-17(14)22-18(23)10-11-20)21-19(24)13-25-16-6-4-3-5-7-16/h3-9,12H,2,10-11,13,20H2,1H3,(H,21,24)(H,22,23). The number of hydrogen-bond donors (Lipinski definition) is 3. The highest BCUT2D eigenvalue weighted by Crippen LogP contribution is 2.22. The lowest BCUT2D eigenvalue weighted by Crippen LogP contribution is -2.21. The summed E-state index contributed by atoms with van der Waals surface area (Å²) in [5.74, 6) is 0.217. The zero-order valence-corrected chi connectivity index (χ0v) is 14.2. The van der Waals surface area contributed by atoms with Crippen LogP contribution < -0.4 is 21.1 Å². The number of para-hydroxylation sites is 1. The summed E-state index contributed by atoms with van der Waals surface area (Å²) in [6, 6.07) is 14.6. The normalized spacial score (nSPS) is 10.2. The second-order valence-corrected chi connectivity index (χ2v) is 5.46. The van der Waals surface area contributed by atoms with Gasteiger partial charge in [0.25, 0.3) is 5.91 Å². The number of hydrogen-bond acceptors (Lipinski definition) is 4. The number of carbonyl (C=O) groups is 2. The Kier molecular flexibility index (Phi) is 6.98. The molecule has 4 N–H and O–H groups in total. The van der Waals surface area contributed by atoms with E-state index in [0.29, 0.717) is 23.7 Å². The van der Waals surface area contributed by atoms with Gasteiger partial charge in [-0.15, -0.1) is 0 Å². The minimum atomic E-state index is -0.271. The minimum absolute atomic E-state index is 0.0889. The third-order valence-electron chi connectivity index (χ3n) is 3.53. The fraction of sp³-hybridized carbons (Fsp3) is 0.263. The topological polar surface area (TPSA) is 93.5 Å². The molecule has 0 saturated heterocycles. The van der Waals surface area contributed by atoms with Crippen molar-refractivity contribution in [3.8, 4) is 5.75 Å². The quantitative estimate of drug-likeness (QED) is 0.688. The van der Waals surface area contributed by atoms with Crippen molar-refractivity contribution in [2.75, 3.05) is 23.8 Å². The number of nitrogens with one attached hydrogen (secondary N) is 2. The van der Waals surface area contributed by atoms with Crippen molar-refractivity contribution in [2.45, 2.75) is 19.8 Å². The van der Waals surface area contributed by atoms with E-state index < -0.39 is 0 Å². The SMILES string of the molecule is CCc1ccc(NC(=O)COc2ccccc2)cc1NC(=O)CCN. The molecule has 0 spiro atoms. The highest BCUT2D eigenvalue weighted by atomic mass is 16.5. The molecule has 132 valence electrons. The summed E-state index contributed by atoms with van der Waals surface area (Å²) < 4.78 is 5.42. The van der Waals surface area contributed by atoms with Crippen LogP contribution in [0.3, 0.4) is 0 Å². The van der Waals surface area contributed by atoms with E-state index in [1.165, 1.54) is 0 Å². The van der Waals surface area contributed by atoms with E-state index in [0.717, 1.165) is 12.0 Å². The van der Waals surface area contributed by atoms with Gasteiger partial charge < -0.3 is 21.1 Å². The fourth-order valence-corrected chi connectivity index (χ4v) is 2.29. The van der Waals surface area contributed by atoms with E-state index in [9.17, 15) is 9.59 Å². The maximum absolute atomic E-state index is 12.0. The molecule has 6 nitrogen and oxygen atoms in total. The van der Waals surface area contributed by atoms with Crippen LogP contribution in [0.5, 0.6) is 5.75 Å². The predicted molar refractivity (Wildman–Crippen MR) is 98.7 cm³/mol. The molecule has 2 rings (SSSR count). The first kappa shape index (κ1) is 18.5. The predicted octanol–water partition coefficient (Wildman–Crippen LogP) is 2.55. The highest BCUT2D eigenvalue weighted by Gasteiger charge is 2.09. The van der Waals surface area contributed by atoms with Gasteiger partial charge in [0.15, 0.2) is 6.61 Å². The molecule has 25 heavy (non-hydrogen) atoms. The van der Waals surface area contributed by atoms with Crippen molar-refractivity contribution in [3.05, 3.63) is 54.1 Å². The van der Waals surface area contributed by atoms with Gasteiger partial charge in [0.2, 0.25) is 5.91 Å². The zero-order valence-electron chi connectivity index (χ0n) is 14.2. The molecule has 6 heteroatoms. The largest absolute Gasteiger partial charge is 0.484 e. The minimum Gasteiger partial charge on any atom is -0.484 e. The van der Waals surface area contributed by atoms with Crippen LogP contribution in [0.15, 0.2) is 48.5 Å². The van der Waals surface area contributed by atoms with Gasteiger partial charge >= 0.3 is 0 Å². The number of ether oxygens (including phenoxy) is 1. The van der Waals surface area contributed by atoms with Crippen LogP contribution in [-0.2, 0) is 16.0 Å². The molecule has 0 radical (unpaired) electrons. The maximum Gasteiger partial charge on any atom is 0.262 e. The Labute approximate surface area is 147 Å². The Morgan fingerprint density at radius 3 is 2.48 bits per heavy atom. The summed E-state index contributed by atoms with van der Waals surface area (Å²) in [6.07, 6.45) is 1.02. The van der Waals surface area contributed by atoms with E-state index >= 15 is 0 Å². The Bertz CT molecular complexity index is 717. The van der Waals surface area contributed by atoms with Crippen LogP contribution >= 0.6 is 0 Å². The highest BCUT2D eigenvalue weighted by molar-refractivity contribution is 5.95. The van der Waals surface area contributed by atoms with Gasteiger partial charge in [-0.3, -0.25) is 9.59 Å². The van der Waals surface area contributed by atoms with E-state index in [1.54, 1.807) is 24.3 Å². The van der Waals surface area contributed by atoms with E-state index in [2.05, 4.69) is 10.6 Å². The molecule has 0 atom stereocenters. The molecule has 0 aromatic heterocycles. The average Bonchev–Trinajstić information content (AvgIpc) is 2.61. The van der Waals surface area contributed by atoms with Gasteiger partial charge in [-0.2, -0.15) is 0 Å². The number of rotatable bonds is 8. The molecule has 0 unspecified atom stereocenters. The second-order valence-electron chi connectivity index (χ2n) is 5.46. The molecule has 0 saturated carbocycles. The summed E-state index contributed by atoms with van der Waals surface area (Å²) >= 11 is 0.